The molecule has 0 spiro atoms. The molecule has 1 amide bonds. The number of amides is 1. The fraction of sp³-hybridized carbons (Fsp3) is 0.500. The molecule has 1 unspecified atom stereocenters. The molecule has 1 aliphatic rings. The van der Waals surface area contributed by atoms with Gasteiger partial charge in [-0.15, -0.1) is 0 Å². The van der Waals surface area contributed by atoms with E-state index in [1.54, 1.807) is 0 Å². The molecule has 5 nitrogen and oxygen atoms in total. The Morgan fingerprint density at radius 1 is 1.44 bits per heavy atom. The first-order valence-corrected chi connectivity index (χ1v) is 6.18. The first kappa shape index (κ1) is 13.0. The van der Waals surface area contributed by atoms with Crippen LogP contribution in [0.4, 0.5) is 0 Å². The first-order chi connectivity index (χ1) is 8.53. The Bertz CT molecular complexity index is 492. The summed E-state index contributed by atoms with van der Waals surface area (Å²) in [7, 11) is 0. The van der Waals surface area contributed by atoms with Crippen molar-refractivity contribution >= 4 is 23.3 Å². The van der Waals surface area contributed by atoms with Crippen molar-refractivity contribution < 1.29 is 9.59 Å². The lowest BCUT2D eigenvalue weighted by Crippen LogP contribution is -2.43. The van der Waals surface area contributed by atoms with E-state index < -0.39 is 11.3 Å². The number of halogens is 1. The fourth-order valence-electron chi connectivity index (χ4n) is 2.42. The molecule has 6 heteroatoms. The van der Waals surface area contributed by atoms with Gasteiger partial charge in [-0.2, -0.15) is 0 Å². The molecule has 1 aliphatic carbocycles. The average Bonchev–Trinajstić information content (AvgIpc) is 2.32. The molecule has 18 heavy (non-hydrogen) atoms. The molecule has 96 valence electrons. The van der Waals surface area contributed by atoms with E-state index in [9.17, 15) is 9.59 Å². The maximum Gasteiger partial charge on any atom is 0.224 e. The summed E-state index contributed by atoms with van der Waals surface area (Å²) in [5, 5.41) is 0.260. The molecular weight excluding hydrogens is 254 g/mol. The van der Waals surface area contributed by atoms with E-state index in [0.29, 0.717) is 25.0 Å². The summed E-state index contributed by atoms with van der Waals surface area (Å²) in [6.45, 7) is 0. The number of carbonyl (C=O) groups excluding carboxylic acids is 2. The smallest absolute Gasteiger partial charge is 0.224 e. The Morgan fingerprint density at radius 3 is 2.78 bits per heavy atom. The van der Waals surface area contributed by atoms with Crippen LogP contribution in [0.2, 0.25) is 5.15 Å². The van der Waals surface area contributed by atoms with Crippen LogP contribution in [0.3, 0.4) is 0 Å². The van der Waals surface area contributed by atoms with Crippen LogP contribution in [0, 0.1) is 5.41 Å². The zero-order valence-electron chi connectivity index (χ0n) is 9.86. The van der Waals surface area contributed by atoms with Crippen molar-refractivity contribution in [3.63, 3.8) is 0 Å². The van der Waals surface area contributed by atoms with E-state index in [1.807, 2.05) is 0 Å². The zero-order valence-corrected chi connectivity index (χ0v) is 10.6. The standard InChI is InChI=1S/C12H14ClN3O2/c13-10-9(15-4-5-16-10)7-12(11(14)18)3-1-2-8(17)6-12/h4-5H,1-3,6-7H2,(H2,14,18). The monoisotopic (exact) mass is 267 g/mol. The Labute approximate surface area is 110 Å². The lowest BCUT2D eigenvalue weighted by molar-refractivity contribution is -0.136. The molecule has 1 aromatic heterocycles. The number of carbonyl (C=O) groups is 2. The van der Waals surface area contributed by atoms with Crippen molar-refractivity contribution in [3.8, 4) is 0 Å². The molecule has 0 aliphatic heterocycles. The lowest BCUT2D eigenvalue weighted by Gasteiger charge is -2.33. The molecule has 1 saturated carbocycles. The number of nitrogens with zero attached hydrogens (tertiary/aromatic N) is 2. The molecule has 0 aromatic carbocycles. The highest BCUT2D eigenvalue weighted by atomic mass is 35.5. The number of hydrogen-bond acceptors (Lipinski definition) is 4. The van der Waals surface area contributed by atoms with E-state index in [4.69, 9.17) is 17.3 Å². The van der Waals surface area contributed by atoms with Gasteiger partial charge in [-0.05, 0) is 12.8 Å². The van der Waals surface area contributed by atoms with Crippen LogP contribution in [-0.2, 0) is 16.0 Å². The molecule has 2 rings (SSSR count). The quantitative estimate of drug-likeness (QED) is 0.894. The van der Waals surface area contributed by atoms with Gasteiger partial charge in [0.2, 0.25) is 5.91 Å². The van der Waals surface area contributed by atoms with Crippen molar-refractivity contribution in [1.29, 1.82) is 0 Å². The topological polar surface area (TPSA) is 85.9 Å². The van der Waals surface area contributed by atoms with Gasteiger partial charge in [0, 0.05) is 31.7 Å². The number of rotatable bonds is 3. The van der Waals surface area contributed by atoms with Crippen LogP contribution in [0.1, 0.15) is 31.4 Å². The second kappa shape index (κ2) is 5.02. The highest BCUT2D eigenvalue weighted by molar-refractivity contribution is 6.30. The largest absolute Gasteiger partial charge is 0.369 e. The fourth-order valence-corrected chi connectivity index (χ4v) is 2.59. The average molecular weight is 268 g/mol. The maximum atomic E-state index is 11.7. The van der Waals surface area contributed by atoms with E-state index in [1.165, 1.54) is 12.4 Å². The highest BCUT2D eigenvalue weighted by Gasteiger charge is 2.41. The minimum absolute atomic E-state index is 0.0695. The van der Waals surface area contributed by atoms with Gasteiger partial charge in [-0.3, -0.25) is 14.6 Å². The first-order valence-electron chi connectivity index (χ1n) is 5.80. The summed E-state index contributed by atoms with van der Waals surface area (Å²) in [6.07, 6.45) is 5.25. The Kier molecular flexibility index (Phi) is 3.61. The van der Waals surface area contributed by atoms with Crippen molar-refractivity contribution in [1.82, 2.24) is 9.97 Å². The minimum atomic E-state index is -0.852. The third-order valence-electron chi connectivity index (χ3n) is 3.40. The highest BCUT2D eigenvalue weighted by Crippen LogP contribution is 2.38. The van der Waals surface area contributed by atoms with Crippen molar-refractivity contribution in [2.75, 3.05) is 0 Å². The normalized spacial score (nSPS) is 23.9. The van der Waals surface area contributed by atoms with Gasteiger partial charge in [0.1, 0.15) is 5.78 Å². The molecule has 0 bridgehead atoms. The van der Waals surface area contributed by atoms with Gasteiger partial charge >= 0.3 is 0 Å². The summed E-state index contributed by atoms with van der Waals surface area (Å²) in [5.74, 6) is -0.391. The number of Topliss-reactive ketones (excluding diaryl/α,β-unsaturated/α-hetero) is 1. The predicted molar refractivity (Wildman–Crippen MR) is 65.8 cm³/mol. The summed E-state index contributed by atoms with van der Waals surface area (Å²) >= 11 is 5.94. The summed E-state index contributed by atoms with van der Waals surface area (Å²) in [6, 6.07) is 0. The SMILES string of the molecule is NC(=O)C1(Cc2nccnc2Cl)CCCC(=O)C1. The maximum absolute atomic E-state index is 11.7. The van der Waals surface area contributed by atoms with E-state index >= 15 is 0 Å². The van der Waals surface area contributed by atoms with Crippen molar-refractivity contribution in [3.05, 3.63) is 23.2 Å². The Morgan fingerprint density at radius 2 is 2.17 bits per heavy atom. The van der Waals surface area contributed by atoms with Crippen molar-refractivity contribution in [2.45, 2.75) is 32.1 Å². The second-order valence-electron chi connectivity index (χ2n) is 4.68. The van der Waals surface area contributed by atoms with Crippen LogP contribution in [-0.4, -0.2) is 21.7 Å². The van der Waals surface area contributed by atoms with Gasteiger partial charge in [-0.1, -0.05) is 11.6 Å². The molecule has 1 aromatic rings. The second-order valence-corrected chi connectivity index (χ2v) is 5.04. The number of nitrogens with two attached hydrogens (primary N) is 1. The summed E-state index contributed by atoms with van der Waals surface area (Å²) in [4.78, 5) is 31.3. The number of ketones is 1. The summed E-state index contributed by atoms with van der Waals surface area (Å²) in [5.41, 5.74) is 5.15. The van der Waals surface area contributed by atoms with E-state index in [2.05, 4.69) is 9.97 Å². The van der Waals surface area contributed by atoms with Gasteiger partial charge in [0.15, 0.2) is 5.15 Å². The van der Waals surface area contributed by atoms with E-state index in [0.717, 1.165) is 0 Å². The Balaban J connectivity index is 2.29. The number of primary amides is 1. The lowest BCUT2D eigenvalue weighted by atomic mass is 9.70. The van der Waals surface area contributed by atoms with Gasteiger partial charge in [0.25, 0.3) is 0 Å². The van der Waals surface area contributed by atoms with Crippen LogP contribution in [0.15, 0.2) is 12.4 Å². The molecule has 0 radical (unpaired) electrons. The van der Waals surface area contributed by atoms with Gasteiger partial charge in [-0.25, -0.2) is 4.98 Å². The third kappa shape index (κ3) is 2.51. The minimum Gasteiger partial charge on any atom is -0.369 e. The third-order valence-corrected chi connectivity index (χ3v) is 3.71. The van der Waals surface area contributed by atoms with Crippen LogP contribution in [0.25, 0.3) is 0 Å². The van der Waals surface area contributed by atoms with Crippen LogP contribution >= 0.6 is 11.6 Å². The molecule has 1 fully saturated rings. The molecule has 2 N–H and O–H groups in total. The van der Waals surface area contributed by atoms with E-state index in [-0.39, 0.29) is 23.8 Å². The van der Waals surface area contributed by atoms with Gasteiger partial charge in [0.05, 0.1) is 11.1 Å². The predicted octanol–water partition coefficient (Wildman–Crippen LogP) is 1.29. The molecular formula is C12H14ClN3O2. The van der Waals surface area contributed by atoms with Crippen LogP contribution < -0.4 is 5.73 Å². The number of aromatic nitrogens is 2. The molecule has 1 heterocycles. The zero-order chi connectivity index (χ0) is 13.2. The van der Waals surface area contributed by atoms with Gasteiger partial charge < -0.3 is 5.73 Å². The number of hydrogen-bond donors (Lipinski definition) is 1. The van der Waals surface area contributed by atoms with Crippen molar-refractivity contribution in [2.24, 2.45) is 11.1 Å². The Hall–Kier alpha value is -1.49. The van der Waals surface area contributed by atoms with Crippen LogP contribution in [0.5, 0.6) is 0 Å². The molecule has 0 saturated heterocycles. The summed E-state index contributed by atoms with van der Waals surface area (Å²) < 4.78 is 0. The molecule has 1 atom stereocenters.